The van der Waals surface area contributed by atoms with Gasteiger partial charge >= 0.3 is 0 Å². The van der Waals surface area contributed by atoms with Crippen molar-refractivity contribution < 1.29 is 13.9 Å². The van der Waals surface area contributed by atoms with Crippen molar-refractivity contribution in [3.63, 3.8) is 0 Å². The maximum Gasteiger partial charge on any atom is 0.254 e. The van der Waals surface area contributed by atoms with Crippen molar-refractivity contribution in [1.82, 2.24) is 14.7 Å². The van der Waals surface area contributed by atoms with Crippen LogP contribution < -0.4 is 11.1 Å². The van der Waals surface area contributed by atoms with Crippen LogP contribution in [0.25, 0.3) is 0 Å². The molecule has 1 aromatic heterocycles. The number of benzene rings is 1. The Balaban J connectivity index is 1.56. The number of carbonyl (C=O) groups is 1. The van der Waals surface area contributed by atoms with Gasteiger partial charge in [-0.2, -0.15) is 10.4 Å². The Kier molecular flexibility index (Phi) is 5.97. The molecular weight excluding hydrogens is 387 g/mol. The second kappa shape index (κ2) is 8.81. The fraction of sp³-hybridized carbons (Fsp3) is 0.476. The molecule has 9 heteroatoms. The fourth-order valence-electron chi connectivity index (χ4n) is 4.18. The molecule has 2 aliphatic heterocycles. The number of anilines is 2. The fourth-order valence-corrected chi connectivity index (χ4v) is 4.18. The van der Waals surface area contributed by atoms with E-state index in [1.165, 1.54) is 12.1 Å². The van der Waals surface area contributed by atoms with Gasteiger partial charge in [-0.25, -0.2) is 4.39 Å². The Bertz CT molecular complexity index is 932. The van der Waals surface area contributed by atoms with Gasteiger partial charge in [0.1, 0.15) is 11.4 Å². The maximum absolute atomic E-state index is 13.2. The largest absolute Gasteiger partial charge is 0.381 e. The first-order valence-corrected chi connectivity index (χ1v) is 10.1. The zero-order chi connectivity index (χ0) is 21.1. The standard InChI is InChI=1S/C21H25FN6O2/c22-16-1-3-17(4-2-16)25-21-18(20(24)29)11-28(26-21)19-12-27(7-5-15(19)9-23)10-14-6-8-30-13-14/h1-4,11,14-15,19H,5-8,10,12-13H2,(H2,24,29)(H,25,26)/t14?,15-,19+/m1/s1. The van der Waals surface area contributed by atoms with Crippen LogP contribution in [0.2, 0.25) is 0 Å². The number of nitriles is 1. The summed E-state index contributed by atoms with van der Waals surface area (Å²) < 4.78 is 20.3. The van der Waals surface area contributed by atoms with Gasteiger partial charge in [-0.3, -0.25) is 9.48 Å². The number of halogens is 1. The third-order valence-corrected chi connectivity index (χ3v) is 5.82. The number of rotatable bonds is 6. The number of nitrogens with zero attached hydrogens (tertiary/aromatic N) is 4. The SMILES string of the molecule is N#C[C@H]1CCN(CC2CCOC2)C[C@@H]1n1cc(C(N)=O)c(Nc2ccc(F)cc2)n1. The Morgan fingerprint density at radius 3 is 2.83 bits per heavy atom. The molecule has 2 aromatic rings. The molecule has 0 bridgehead atoms. The minimum absolute atomic E-state index is 0.187. The van der Waals surface area contributed by atoms with E-state index in [4.69, 9.17) is 10.5 Å². The summed E-state index contributed by atoms with van der Waals surface area (Å²) in [5, 5.41) is 17.2. The lowest BCUT2D eigenvalue weighted by Gasteiger charge is -2.36. The van der Waals surface area contributed by atoms with Gasteiger partial charge in [0.2, 0.25) is 0 Å². The molecule has 2 fully saturated rings. The number of carbonyl (C=O) groups excluding carboxylic acids is 1. The van der Waals surface area contributed by atoms with Gasteiger partial charge in [-0.05, 0) is 49.6 Å². The predicted molar refractivity (Wildman–Crippen MR) is 109 cm³/mol. The van der Waals surface area contributed by atoms with Crippen molar-refractivity contribution in [3.05, 3.63) is 41.8 Å². The number of aromatic nitrogens is 2. The monoisotopic (exact) mass is 412 g/mol. The summed E-state index contributed by atoms with van der Waals surface area (Å²) in [7, 11) is 0. The molecule has 3 heterocycles. The van der Waals surface area contributed by atoms with Crippen molar-refractivity contribution in [3.8, 4) is 6.07 Å². The number of ether oxygens (including phenoxy) is 1. The normalized spacial score (nSPS) is 24.5. The molecule has 3 N–H and O–H groups in total. The number of nitrogens with one attached hydrogen (secondary N) is 1. The molecule has 3 atom stereocenters. The summed E-state index contributed by atoms with van der Waals surface area (Å²) in [5.41, 5.74) is 6.38. The van der Waals surface area contributed by atoms with E-state index in [-0.39, 0.29) is 23.3 Å². The summed E-state index contributed by atoms with van der Waals surface area (Å²) in [4.78, 5) is 14.3. The Morgan fingerprint density at radius 1 is 1.37 bits per heavy atom. The molecule has 2 aliphatic rings. The predicted octanol–water partition coefficient (Wildman–Crippen LogP) is 2.29. The van der Waals surface area contributed by atoms with Crippen LogP contribution in [0.1, 0.15) is 29.2 Å². The topological polar surface area (TPSA) is 109 Å². The first-order valence-electron chi connectivity index (χ1n) is 10.1. The Labute approximate surface area is 174 Å². The lowest BCUT2D eigenvalue weighted by atomic mass is 9.92. The molecule has 4 rings (SSSR count). The number of nitrogens with two attached hydrogens (primary N) is 1. The third-order valence-electron chi connectivity index (χ3n) is 5.82. The van der Waals surface area contributed by atoms with E-state index in [0.717, 1.165) is 39.1 Å². The summed E-state index contributed by atoms with van der Waals surface area (Å²) in [6.07, 6.45) is 3.40. The third kappa shape index (κ3) is 4.45. The van der Waals surface area contributed by atoms with Crippen molar-refractivity contribution in [1.29, 1.82) is 5.26 Å². The summed E-state index contributed by atoms with van der Waals surface area (Å²) in [5.74, 6) is -0.366. The van der Waals surface area contributed by atoms with E-state index in [9.17, 15) is 14.4 Å². The number of amides is 1. The van der Waals surface area contributed by atoms with Gasteiger partial charge in [-0.1, -0.05) is 0 Å². The van der Waals surface area contributed by atoms with Gasteiger partial charge in [0, 0.05) is 31.6 Å². The Hall–Kier alpha value is -2.96. The maximum atomic E-state index is 13.2. The molecule has 1 aromatic carbocycles. The van der Waals surface area contributed by atoms with E-state index in [1.54, 1.807) is 23.0 Å². The number of primary amides is 1. The highest BCUT2D eigenvalue weighted by Crippen LogP contribution is 2.30. The van der Waals surface area contributed by atoms with Gasteiger partial charge in [-0.15, -0.1) is 0 Å². The molecule has 2 saturated heterocycles. The number of hydrogen-bond donors (Lipinski definition) is 2. The number of piperidine rings is 1. The molecular formula is C21H25FN6O2. The molecule has 158 valence electrons. The first kappa shape index (κ1) is 20.3. The minimum atomic E-state index is -0.616. The van der Waals surface area contributed by atoms with Crippen LogP contribution in [-0.2, 0) is 4.74 Å². The zero-order valence-electron chi connectivity index (χ0n) is 16.6. The van der Waals surface area contributed by atoms with Crippen LogP contribution in [0.3, 0.4) is 0 Å². The molecule has 8 nitrogen and oxygen atoms in total. The van der Waals surface area contributed by atoms with Gasteiger partial charge in [0.15, 0.2) is 5.82 Å². The second-order valence-corrected chi connectivity index (χ2v) is 7.95. The number of hydrogen-bond acceptors (Lipinski definition) is 6. The molecule has 0 spiro atoms. The average molecular weight is 412 g/mol. The smallest absolute Gasteiger partial charge is 0.254 e. The number of likely N-dealkylation sites (tertiary alicyclic amines) is 1. The summed E-state index contributed by atoms with van der Waals surface area (Å²) >= 11 is 0. The highest BCUT2D eigenvalue weighted by molar-refractivity contribution is 5.98. The van der Waals surface area contributed by atoms with Crippen LogP contribution in [-0.4, -0.2) is 53.4 Å². The highest BCUT2D eigenvalue weighted by Gasteiger charge is 2.33. The Morgan fingerprint density at radius 2 is 2.17 bits per heavy atom. The van der Waals surface area contributed by atoms with Crippen molar-refractivity contribution in [2.75, 3.05) is 38.2 Å². The summed E-state index contributed by atoms with van der Waals surface area (Å²) in [6.45, 7) is 4.05. The summed E-state index contributed by atoms with van der Waals surface area (Å²) in [6, 6.07) is 7.96. The average Bonchev–Trinajstić information content (AvgIpc) is 3.40. The van der Waals surface area contributed by atoms with Crippen LogP contribution in [0, 0.1) is 29.0 Å². The van der Waals surface area contributed by atoms with Crippen molar-refractivity contribution in [2.45, 2.75) is 18.9 Å². The van der Waals surface area contributed by atoms with Crippen molar-refractivity contribution in [2.24, 2.45) is 17.6 Å². The molecule has 30 heavy (non-hydrogen) atoms. The van der Waals surface area contributed by atoms with E-state index in [1.807, 2.05) is 0 Å². The second-order valence-electron chi connectivity index (χ2n) is 7.95. The highest BCUT2D eigenvalue weighted by atomic mass is 19.1. The van der Waals surface area contributed by atoms with Gasteiger partial charge < -0.3 is 20.7 Å². The van der Waals surface area contributed by atoms with Crippen LogP contribution in [0.4, 0.5) is 15.9 Å². The van der Waals surface area contributed by atoms with Crippen LogP contribution in [0.15, 0.2) is 30.5 Å². The molecule has 1 unspecified atom stereocenters. The lowest BCUT2D eigenvalue weighted by Crippen LogP contribution is -2.43. The van der Waals surface area contributed by atoms with E-state index < -0.39 is 5.91 Å². The van der Waals surface area contributed by atoms with Crippen LogP contribution >= 0.6 is 0 Å². The molecule has 1 amide bonds. The van der Waals surface area contributed by atoms with E-state index >= 15 is 0 Å². The first-order chi connectivity index (χ1) is 14.5. The molecule has 0 saturated carbocycles. The lowest BCUT2D eigenvalue weighted by molar-refractivity contribution is 0.0999. The van der Waals surface area contributed by atoms with Crippen LogP contribution in [0.5, 0.6) is 0 Å². The van der Waals surface area contributed by atoms with E-state index in [0.29, 0.717) is 24.0 Å². The minimum Gasteiger partial charge on any atom is -0.381 e. The van der Waals surface area contributed by atoms with Gasteiger partial charge in [0.05, 0.1) is 24.6 Å². The molecule has 0 aliphatic carbocycles. The van der Waals surface area contributed by atoms with E-state index in [2.05, 4.69) is 21.4 Å². The molecule has 0 radical (unpaired) electrons. The van der Waals surface area contributed by atoms with Gasteiger partial charge in [0.25, 0.3) is 5.91 Å². The quantitative estimate of drug-likeness (QED) is 0.753. The van der Waals surface area contributed by atoms with Crippen molar-refractivity contribution >= 4 is 17.4 Å². The zero-order valence-corrected chi connectivity index (χ0v) is 16.6.